The summed E-state index contributed by atoms with van der Waals surface area (Å²) in [6.07, 6.45) is -1.74. The Morgan fingerprint density at radius 3 is 2.13 bits per heavy atom. The lowest BCUT2D eigenvalue weighted by molar-refractivity contribution is -0.143. The zero-order chi connectivity index (χ0) is 29.3. The average Bonchev–Trinajstić information content (AvgIpc) is 3.26. The van der Waals surface area contributed by atoms with Gasteiger partial charge in [-0.1, -0.05) is 18.2 Å². The molecule has 0 saturated heterocycles. The van der Waals surface area contributed by atoms with Crippen LogP contribution in [0.2, 0.25) is 0 Å². The number of hydrogen-bond donors (Lipinski definition) is 9. The standard InChI is InChI=1S/C24H31N5O10/c1-11(30)20(29-21(35)14(25)9-19(33)34)23(37)28-17(8-12-10-26-15-5-3-2-4-13(12)15)22(36)27-16(24(38)39)6-7-18(31)32/h2-5,10-11,14,16-17,20,26,30H,6-9,25H2,1H3,(H,27,36)(H,28,37)(H,29,35)(H,31,32)(H,33,34)(H,38,39). The van der Waals surface area contributed by atoms with Crippen LogP contribution < -0.4 is 21.7 Å². The molecule has 0 aliphatic heterocycles. The van der Waals surface area contributed by atoms with E-state index in [-0.39, 0.29) is 6.42 Å². The van der Waals surface area contributed by atoms with Crippen molar-refractivity contribution >= 4 is 46.5 Å². The third-order valence-corrected chi connectivity index (χ3v) is 5.79. The molecule has 3 amide bonds. The van der Waals surface area contributed by atoms with Crippen LogP contribution in [0, 0.1) is 0 Å². The number of hydrogen-bond acceptors (Lipinski definition) is 8. The zero-order valence-electron chi connectivity index (χ0n) is 20.9. The molecule has 15 heteroatoms. The minimum Gasteiger partial charge on any atom is -0.481 e. The molecular weight excluding hydrogens is 518 g/mol. The van der Waals surface area contributed by atoms with E-state index < -0.39 is 85.2 Å². The number of carboxylic acid groups (broad SMARTS) is 3. The van der Waals surface area contributed by atoms with Crippen molar-refractivity contribution < 1.29 is 49.2 Å². The number of carboxylic acids is 3. The minimum atomic E-state index is -1.64. The highest BCUT2D eigenvalue weighted by Crippen LogP contribution is 2.19. The van der Waals surface area contributed by atoms with Gasteiger partial charge in [-0.2, -0.15) is 0 Å². The van der Waals surface area contributed by atoms with Crippen LogP contribution in [0.15, 0.2) is 30.5 Å². The fraction of sp³-hybridized carbons (Fsp3) is 0.417. The first-order valence-electron chi connectivity index (χ1n) is 11.9. The Morgan fingerprint density at radius 1 is 0.897 bits per heavy atom. The summed E-state index contributed by atoms with van der Waals surface area (Å²) < 4.78 is 0. The van der Waals surface area contributed by atoms with Gasteiger partial charge in [0, 0.05) is 29.9 Å². The van der Waals surface area contributed by atoms with Crippen LogP contribution >= 0.6 is 0 Å². The Hall–Kier alpha value is -4.50. The molecule has 1 aromatic carbocycles. The number of amides is 3. The molecule has 0 aliphatic rings. The van der Waals surface area contributed by atoms with Gasteiger partial charge in [0.1, 0.15) is 18.1 Å². The van der Waals surface area contributed by atoms with Gasteiger partial charge in [0.05, 0.1) is 18.6 Å². The van der Waals surface area contributed by atoms with Gasteiger partial charge in [0.2, 0.25) is 17.7 Å². The van der Waals surface area contributed by atoms with E-state index in [4.69, 9.17) is 15.9 Å². The lowest BCUT2D eigenvalue weighted by Crippen LogP contribution is -2.60. The fourth-order valence-corrected chi connectivity index (χ4v) is 3.74. The Bertz CT molecular complexity index is 1230. The van der Waals surface area contributed by atoms with Crippen LogP contribution in [0.4, 0.5) is 0 Å². The molecule has 2 rings (SSSR count). The highest BCUT2D eigenvalue weighted by molar-refractivity contribution is 5.95. The van der Waals surface area contributed by atoms with Crippen LogP contribution in [0.1, 0.15) is 31.7 Å². The lowest BCUT2D eigenvalue weighted by atomic mass is 10.0. The van der Waals surface area contributed by atoms with E-state index in [2.05, 4.69) is 20.9 Å². The summed E-state index contributed by atoms with van der Waals surface area (Å²) in [5.74, 6) is -7.13. The third-order valence-electron chi connectivity index (χ3n) is 5.79. The number of aromatic amines is 1. The third kappa shape index (κ3) is 9.08. The highest BCUT2D eigenvalue weighted by atomic mass is 16.4. The molecule has 5 atom stereocenters. The summed E-state index contributed by atoms with van der Waals surface area (Å²) >= 11 is 0. The van der Waals surface area contributed by atoms with Gasteiger partial charge in [-0.15, -0.1) is 0 Å². The van der Waals surface area contributed by atoms with Crippen molar-refractivity contribution in [1.82, 2.24) is 20.9 Å². The van der Waals surface area contributed by atoms with E-state index in [1.54, 1.807) is 30.5 Å². The Balaban J connectivity index is 2.31. The van der Waals surface area contributed by atoms with E-state index in [0.29, 0.717) is 10.9 Å². The van der Waals surface area contributed by atoms with Crippen LogP contribution in [0.3, 0.4) is 0 Å². The predicted molar refractivity (Wildman–Crippen MR) is 134 cm³/mol. The molecule has 10 N–H and O–H groups in total. The van der Waals surface area contributed by atoms with Crippen molar-refractivity contribution in [1.29, 1.82) is 0 Å². The Morgan fingerprint density at radius 2 is 1.54 bits per heavy atom. The number of aliphatic carboxylic acids is 3. The van der Waals surface area contributed by atoms with Crippen LogP contribution in [0.25, 0.3) is 10.9 Å². The molecule has 0 aliphatic carbocycles. The number of nitrogens with one attached hydrogen (secondary N) is 4. The van der Waals surface area contributed by atoms with Crippen molar-refractivity contribution in [3.63, 3.8) is 0 Å². The molecule has 212 valence electrons. The first-order chi connectivity index (χ1) is 18.3. The predicted octanol–water partition coefficient (Wildman–Crippen LogP) is -1.70. The summed E-state index contributed by atoms with van der Waals surface area (Å²) in [6.45, 7) is 1.17. The molecule has 0 spiro atoms. The summed E-state index contributed by atoms with van der Waals surface area (Å²) in [6, 6.07) is 0.904. The number of rotatable bonds is 15. The second-order valence-corrected chi connectivity index (χ2v) is 8.89. The van der Waals surface area contributed by atoms with Crippen molar-refractivity contribution in [2.24, 2.45) is 5.73 Å². The maximum absolute atomic E-state index is 13.2. The topological polar surface area (TPSA) is 261 Å². The number of aromatic nitrogens is 1. The fourth-order valence-electron chi connectivity index (χ4n) is 3.74. The van der Waals surface area contributed by atoms with Gasteiger partial charge in [-0.25, -0.2) is 4.79 Å². The average molecular weight is 550 g/mol. The van der Waals surface area contributed by atoms with Gasteiger partial charge >= 0.3 is 17.9 Å². The molecule has 2 aromatic rings. The Kier molecular flexibility index (Phi) is 10.9. The molecule has 0 fully saturated rings. The number of carbonyl (C=O) groups is 6. The Labute approximate surface area is 221 Å². The van der Waals surface area contributed by atoms with Gasteiger partial charge in [0.15, 0.2) is 0 Å². The number of aliphatic hydroxyl groups excluding tert-OH is 1. The zero-order valence-corrected chi connectivity index (χ0v) is 20.9. The lowest BCUT2D eigenvalue weighted by Gasteiger charge is -2.26. The quantitative estimate of drug-likeness (QED) is 0.121. The number of H-pyrrole nitrogens is 1. The second kappa shape index (κ2) is 13.9. The van der Waals surface area contributed by atoms with Gasteiger partial charge in [-0.05, 0) is 25.0 Å². The smallest absolute Gasteiger partial charge is 0.326 e. The van der Waals surface area contributed by atoms with E-state index in [0.717, 1.165) is 5.52 Å². The van der Waals surface area contributed by atoms with Gasteiger partial charge in [-0.3, -0.25) is 24.0 Å². The van der Waals surface area contributed by atoms with Crippen molar-refractivity contribution in [3.05, 3.63) is 36.0 Å². The summed E-state index contributed by atoms with van der Waals surface area (Å²) in [5, 5.41) is 44.8. The largest absolute Gasteiger partial charge is 0.481 e. The molecule has 5 unspecified atom stereocenters. The van der Waals surface area contributed by atoms with Crippen molar-refractivity contribution in [2.45, 2.75) is 62.9 Å². The first-order valence-corrected chi connectivity index (χ1v) is 11.9. The molecule has 15 nitrogen and oxygen atoms in total. The molecule has 0 saturated carbocycles. The molecule has 39 heavy (non-hydrogen) atoms. The number of nitrogens with two attached hydrogens (primary N) is 1. The maximum Gasteiger partial charge on any atom is 0.326 e. The number of carbonyl (C=O) groups excluding carboxylic acids is 3. The summed E-state index contributed by atoms with van der Waals surface area (Å²) in [4.78, 5) is 74.9. The number of benzene rings is 1. The van der Waals surface area contributed by atoms with Crippen LogP contribution in [0.5, 0.6) is 0 Å². The minimum absolute atomic E-state index is 0.147. The normalized spacial score (nSPS) is 14.8. The molecule has 1 aromatic heterocycles. The van der Waals surface area contributed by atoms with E-state index >= 15 is 0 Å². The van der Waals surface area contributed by atoms with Crippen LogP contribution in [-0.2, 0) is 35.2 Å². The van der Waals surface area contributed by atoms with Crippen LogP contribution in [-0.4, -0.2) is 91.3 Å². The number of para-hydroxylation sites is 1. The van der Waals surface area contributed by atoms with Gasteiger partial charge in [0.25, 0.3) is 0 Å². The highest BCUT2D eigenvalue weighted by Gasteiger charge is 2.33. The second-order valence-electron chi connectivity index (χ2n) is 8.89. The monoisotopic (exact) mass is 549 g/mol. The van der Waals surface area contributed by atoms with E-state index in [9.17, 15) is 39.0 Å². The summed E-state index contributed by atoms with van der Waals surface area (Å²) in [5.41, 5.74) is 6.82. The summed E-state index contributed by atoms with van der Waals surface area (Å²) in [7, 11) is 0. The van der Waals surface area contributed by atoms with E-state index in [1.165, 1.54) is 6.92 Å². The first kappa shape index (κ1) is 30.7. The maximum atomic E-state index is 13.2. The molecule has 0 radical (unpaired) electrons. The molecule has 0 bridgehead atoms. The van der Waals surface area contributed by atoms with Gasteiger partial charge < -0.3 is 47.1 Å². The number of fused-ring (bicyclic) bond motifs is 1. The molecule has 1 heterocycles. The van der Waals surface area contributed by atoms with E-state index in [1.807, 2.05) is 0 Å². The molecular formula is C24H31N5O10. The van der Waals surface area contributed by atoms with Crippen molar-refractivity contribution in [3.8, 4) is 0 Å². The van der Waals surface area contributed by atoms with Crippen molar-refractivity contribution in [2.75, 3.05) is 0 Å². The number of aliphatic hydroxyl groups is 1. The SMILES string of the molecule is CC(O)C(NC(=O)C(N)CC(=O)O)C(=O)NC(Cc1c[nH]c2ccccc12)C(=O)NC(CCC(=O)O)C(=O)O.